The molecule has 0 radical (unpaired) electrons. The van der Waals surface area contributed by atoms with Gasteiger partial charge in [0.2, 0.25) is 0 Å². The number of nitrogens with zero attached hydrogens (tertiary/aromatic N) is 5. The second-order valence-corrected chi connectivity index (χ2v) is 5.88. The van der Waals surface area contributed by atoms with Crippen LogP contribution in [0, 0.1) is 6.92 Å². The Balaban J connectivity index is 2.13. The van der Waals surface area contributed by atoms with Gasteiger partial charge in [-0.15, -0.1) is 0 Å². The Morgan fingerprint density at radius 3 is 2.65 bits per heavy atom. The van der Waals surface area contributed by atoms with Crippen LogP contribution >= 0.6 is 0 Å². The highest BCUT2D eigenvalue weighted by molar-refractivity contribution is 5.87. The molecule has 0 amide bonds. The molecule has 0 aliphatic heterocycles. The first-order valence-electron chi connectivity index (χ1n) is 7.97. The van der Waals surface area contributed by atoms with Crippen LogP contribution in [-0.2, 0) is 6.54 Å². The molecule has 2 aromatic heterocycles. The summed E-state index contributed by atoms with van der Waals surface area (Å²) in [5.41, 5.74) is 16.0. The van der Waals surface area contributed by atoms with E-state index in [1.807, 2.05) is 24.6 Å². The Morgan fingerprint density at radius 2 is 2.04 bits per heavy atom. The van der Waals surface area contributed by atoms with E-state index in [0.29, 0.717) is 46.4 Å². The van der Waals surface area contributed by atoms with Gasteiger partial charge in [-0.3, -0.25) is 9.78 Å². The fourth-order valence-corrected chi connectivity index (χ4v) is 2.70. The zero-order valence-corrected chi connectivity index (χ0v) is 14.7. The van der Waals surface area contributed by atoms with E-state index in [2.05, 4.69) is 26.9 Å². The lowest BCUT2D eigenvalue weighted by Crippen LogP contribution is -2.38. The zero-order valence-electron chi connectivity index (χ0n) is 14.7. The van der Waals surface area contributed by atoms with Gasteiger partial charge in [0.15, 0.2) is 11.6 Å². The average Bonchev–Trinajstić information content (AvgIpc) is 3.20. The van der Waals surface area contributed by atoms with Gasteiger partial charge in [-0.25, -0.2) is 21.8 Å². The summed E-state index contributed by atoms with van der Waals surface area (Å²) in [5.74, 6) is 12.3. The van der Waals surface area contributed by atoms with Crippen molar-refractivity contribution in [2.75, 3.05) is 10.9 Å². The predicted octanol–water partition coefficient (Wildman–Crippen LogP) is 0.729. The number of hydrogen-bond acceptors (Lipinski definition) is 8. The fraction of sp³-hybridized carbons (Fsp3) is 0.188. The van der Waals surface area contributed by atoms with Crippen LogP contribution in [0.25, 0.3) is 28.6 Å². The lowest BCUT2D eigenvalue weighted by Gasteiger charge is -2.17. The molecule has 0 atom stereocenters. The van der Waals surface area contributed by atoms with Gasteiger partial charge in [0.1, 0.15) is 5.69 Å². The van der Waals surface area contributed by atoms with Gasteiger partial charge in [-0.2, -0.15) is 10.2 Å². The summed E-state index contributed by atoms with van der Waals surface area (Å²) < 4.78 is 1.84. The van der Waals surface area contributed by atoms with Crippen LogP contribution in [0.3, 0.4) is 0 Å². The summed E-state index contributed by atoms with van der Waals surface area (Å²) in [6.07, 6.45) is 0. The molecule has 0 bridgehead atoms. The minimum Gasteiger partial charge on any atom is -0.399 e. The number of nitrogens with one attached hydrogen (secondary N) is 1. The third-order valence-corrected chi connectivity index (χ3v) is 3.98. The number of rotatable bonds is 5. The Kier molecular flexibility index (Phi) is 4.36. The second-order valence-electron chi connectivity index (χ2n) is 5.88. The van der Waals surface area contributed by atoms with E-state index < -0.39 is 0 Å². The van der Waals surface area contributed by atoms with Gasteiger partial charge >= 0.3 is 0 Å². The van der Waals surface area contributed by atoms with Crippen molar-refractivity contribution in [1.29, 1.82) is 0 Å². The lowest BCUT2D eigenvalue weighted by atomic mass is 10.0. The molecule has 0 unspecified atom stereocenters. The number of benzene rings is 1. The van der Waals surface area contributed by atoms with E-state index in [-0.39, 0.29) is 0 Å². The smallest absolute Gasteiger partial charge is 0.183 e. The number of nitrogen functional groups attached to an aromatic ring is 1. The third-order valence-electron chi connectivity index (χ3n) is 3.98. The molecule has 0 saturated carbocycles. The van der Waals surface area contributed by atoms with Gasteiger partial charge in [0.05, 0.1) is 17.1 Å². The molecule has 3 rings (SSSR count). The van der Waals surface area contributed by atoms with Gasteiger partial charge in [0.25, 0.3) is 0 Å². The first kappa shape index (κ1) is 17.5. The van der Waals surface area contributed by atoms with E-state index in [1.165, 1.54) is 0 Å². The Labute approximate surface area is 150 Å². The molecule has 9 N–H and O–H groups in total. The molecule has 0 fully saturated rings. The largest absolute Gasteiger partial charge is 0.399 e. The Bertz CT molecular complexity index is 966. The van der Waals surface area contributed by atoms with Crippen molar-refractivity contribution < 1.29 is 0 Å². The van der Waals surface area contributed by atoms with Crippen LogP contribution in [0.1, 0.15) is 18.2 Å². The van der Waals surface area contributed by atoms with Crippen LogP contribution < -0.4 is 28.3 Å². The molecule has 136 valence electrons. The molecule has 2 heterocycles. The van der Waals surface area contributed by atoms with E-state index in [4.69, 9.17) is 23.2 Å². The molecule has 0 aliphatic rings. The minimum absolute atomic E-state index is 0.339. The maximum atomic E-state index is 6.21. The highest BCUT2D eigenvalue weighted by atomic mass is 15.6. The molecule has 1 aromatic carbocycles. The van der Waals surface area contributed by atoms with Gasteiger partial charge in [0, 0.05) is 17.8 Å². The SMILES string of the molecule is C=C(N)c1cc(-c2n[nH]c(-c3cc(C)nn3CC)n2)c(N)c(N(N)N)c1. The first-order chi connectivity index (χ1) is 12.3. The van der Waals surface area contributed by atoms with Crippen LogP contribution in [0.4, 0.5) is 11.4 Å². The highest BCUT2D eigenvalue weighted by Crippen LogP contribution is 2.34. The number of H-pyrrole nitrogens is 1. The van der Waals surface area contributed by atoms with Gasteiger partial charge in [-0.05, 0) is 37.6 Å². The second kappa shape index (κ2) is 6.50. The number of anilines is 2. The number of hydrogen-bond donors (Lipinski definition) is 5. The number of nitrogens with two attached hydrogens (primary N) is 4. The van der Waals surface area contributed by atoms with E-state index in [9.17, 15) is 0 Å². The van der Waals surface area contributed by atoms with E-state index >= 15 is 0 Å². The summed E-state index contributed by atoms with van der Waals surface area (Å²) in [7, 11) is 0. The lowest BCUT2D eigenvalue weighted by molar-refractivity contribution is 0.657. The highest BCUT2D eigenvalue weighted by Gasteiger charge is 2.18. The maximum absolute atomic E-state index is 6.21. The normalized spacial score (nSPS) is 10.9. The maximum Gasteiger partial charge on any atom is 0.183 e. The fourth-order valence-electron chi connectivity index (χ4n) is 2.70. The monoisotopic (exact) mass is 354 g/mol. The standard InChI is InChI=1S/C16H22N10/c1-4-25-13(5-8(2)24-25)16-21-15(22-23-16)11-6-10(9(3)17)7-12(14(11)18)26(19)20/h5-7H,3-4,17-20H2,1-2H3,(H,21,22,23). The van der Waals surface area contributed by atoms with Crippen molar-refractivity contribution in [1.82, 2.24) is 25.0 Å². The van der Waals surface area contributed by atoms with Crippen LogP contribution in [-0.4, -0.2) is 25.0 Å². The predicted molar refractivity (Wildman–Crippen MR) is 102 cm³/mol. The Morgan fingerprint density at radius 1 is 1.31 bits per heavy atom. The molecule has 10 heteroatoms. The molecule has 10 nitrogen and oxygen atoms in total. The zero-order chi connectivity index (χ0) is 19.0. The van der Waals surface area contributed by atoms with E-state index in [1.54, 1.807) is 12.1 Å². The van der Waals surface area contributed by atoms with Crippen LogP contribution in [0.15, 0.2) is 24.8 Å². The molecule has 0 aliphatic carbocycles. The number of hydrazine groups is 2. The molecular weight excluding hydrogens is 332 g/mol. The number of aromatic amines is 1. The Hall–Kier alpha value is -3.37. The summed E-state index contributed by atoms with van der Waals surface area (Å²) in [6.45, 7) is 8.38. The van der Waals surface area contributed by atoms with Crippen LogP contribution in [0.5, 0.6) is 0 Å². The van der Waals surface area contributed by atoms with Crippen molar-refractivity contribution in [3.8, 4) is 22.9 Å². The van der Waals surface area contributed by atoms with Crippen LogP contribution in [0.2, 0.25) is 0 Å². The third kappa shape index (κ3) is 2.98. The van der Waals surface area contributed by atoms with E-state index in [0.717, 1.165) is 16.5 Å². The van der Waals surface area contributed by atoms with Gasteiger partial charge in [-0.1, -0.05) is 6.58 Å². The number of aryl methyl sites for hydroxylation is 2. The van der Waals surface area contributed by atoms with Gasteiger partial charge < -0.3 is 11.5 Å². The summed E-state index contributed by atoms with van der Waals surface area (Å²) in [4.78, 5) is 4.56. The molecule has 0 saturated heterocycles. The summed E-state index contributed by atoms with van der Waals surface area (Å²) in [6, 6.07) is 5.34. The first-order valence-corrected chi connectivity index (χ1v) is 7.97. The molecular formula is C16H22N10. The summed E-state index contributed by atoms with van der Waals surface area (Å²) in [5, 5.41) is 12.5. The quantitative estimate of drug-likeness (QED) is 0.254. The van der Waals surface area contributed by atoms with Crippen molar-refractivity contribution >= 4 is 17.1 Å². The topological polar surface area (TPSA) is 167 Å². The van der Waals surface area contributed by atoms with Crippen molar-refractivity contribution in [2.24, 2.45) is 17.4 Å². The number of aromatic nitrogens is 5. The van der Waals surface area contributed by atoms with Crippen molar-refractivity contribution in [3.05, 3.63) is 36.0 Å². The minimum atomic E-state index is 0.339. The average molecular weight is 354 g/mol. The van der Waals surface area contributed by atoms with Crippen molar-refractivity contribution in [3.63, 3.8) is 0 Å². The van der Waals surface area contributed by atoms with Crippen molar-refractivity contribution in [2.45, 2.75) is 20.4 Å². The summed E-state index contributed by atoms with van der Waals surface area (Å²) >= 11 is 0. The molecule has 3 aromatic rings. The molecule has 26 heavy (non-hydrogen) atoms. The molecule has 0 spiro atoms.